The van der Waals surface area contributed by atoms with Crippen LogP contribution in [0.1, 0.15) is 5.69 Å². The number of pyridine rings is 1. The summed E-state index contributed by atoms with van der Waals surface area (Å²) in [6.07, 6.45) is 0. The van der Waals surface area contributed by atoms with E-state index < -0.39 is 58.5 Å². The lowest BCUT2D eigenvalue weighted by Crippen LogP contribution is -2.06. The molecule has 1 aromatic carbocycles. The van der Waals surface area contributed by atoms with Gasteiger partial charge in [0, 0.05) is 5.56 Å². The molecule has 20 heavy (non-hydrogen) atoms. The highest BCUT2D eigenvalue weighted by Gasteiger charge is 2.28. The number of benzene rings is 1. The third kappa shape index (κ3) is 2.11. The summed E-state index contributed by atoms with van der Waals surface area (Å²) in [7, 11) is 0. The van der Waals surface area contributed by atoms with Gasteiger partial charge in [0.2, 0.25) is 11.8 Å². The number of aliphatic hydroxyl groups excluding tert-OH is 1. The first-order valence-electron chi connectivity index (χ1n) is 5.16. The third-order valence-electron chi connectivity index (χ3n) is 2.57. The Balaban J connectivity index is 2.83. The summed E-state index contributed by atoms with van der Waals surface area (Å²) >= 11 is 0. The molecule has 0 aliphatic heterocycles. The number of rotatable bonds is 2. The largest absolute Gasteiger partial charge is 0.390 e. The Labute approximate surface area is 108 Å². The fourth-order valence-corrected chi connectivity index (χ4v) is 1.66. The fraction of sp³-hybridized carbons (Fsp3) is 0.0833. The summed E-state index contributed by atoms with van der Waals surface area (Å²) in [4.78, 5) is 3.14. The molecule has 0 bridgehead atoms. The molecule has 0 spiro atoms. The molecule has 1 N–H and O–H groups in total. The van der Waals surface area contributed by atoms with Gasteiger partial charge < -0.3 is 5.11 Å². The molecule has 0 aliphatic rings. The van der Waals surface area contributed by atoms with Crippen molar-refractivity contribution >= 4 is 0 Å². The summed E-state index contributed by atoms with van der Waals surface area (Å²) in [5.41, 5.74) is -2.40. The maximum atomic E-state index is 13.6. The normalized spacial score (nSPS) is 10.9. The first-order valence-corrected chi connectivity index (χ1v) is 5.16. The first-order chi connectivity index (χ1) is 9.38. The molecule has 106 valence electrons. The Morgan fingerprint density at radius 2 is 1.30 bits per heavy atom. The quantitative estimate of drug-likeness (QED) is 0.399. The molecule has 0 radical (unpaired) electrons. The Kier molecular flexibility index (Phi) is 3.67. The molecule has 0 saturated carbocycles. The van der Waals surface area contributed by atoms with Crippen molar-refractivity contribution < 1.29 is 31.4 Å². The molecular formula is C12H5F6NO. The Morgan fingerprint density at radius 1 is 0.800 bits per heavy atom. The molecule has 0 fully saturated rings. The molecule has 0 saturated heterocycles. The van der Waals surface area contributed by atoms with Crippen LogP contribution in [0.4, 0.5) is 26.3 Å². The van der Waals surface area contributed by atoms with Crippen LogP contribution in [0.15, 0.2) is 12.1 Å². The van der Waals surface area contributed by atoms with Crippen LogP contribution in [-0.2, 0) is 6.61 Å². The highest BCUT2D eigenvalue weighted by Crippen LogP contribution is 2.33. The van der Waals surface area contributed by atoms with Crippen LogP contribution in [0.3, 0.4) is 0 Å². The van der Waals surface area contributed by atoms with Crippen LogP contribution >= 0.6 is 0 Å². The average molecular weight is 293 g/mol. The lowest BCUT2D eigenvalue weighted by molar-refractivity contribution is 0.275. The molecule has 0 aliphatic carbocycles. The van der Waals surface area contributed by atoms with Crippen LogP contribution < -0.4 is 0 Å². The second kappa shape index (κ2) is 5.12. The van der Waals surface area contributed by atoms with E-state index in [4.69, 9.17) is 5.11 Å². The number of halogens is 6. The van der Waals surface area contributed by atoms with Gasteiger partial charge in [0.25, 0.3) is 0 Å². The van der Waals surface area contributed by atoms with E-state index in [0.717, 1.165) is 6.07 Å². The lowest BCUT2D eigenvalue weighted by Gasteiger charge is -2.11. The van der Waals surface area contributed by atoms with Crippen molar-refractivity contribution in [2.45, 2.75) is 6.61 Å². The Morgan fingerprint density at radius 3 is 1.80 bits per heavy atom. The fourth-order valence-electron chi connectivity index (χ4n) is 1.66. The highest BCUT2D eigenvalue weighted by atomic mass is 19.2. The van der Waals surface area contributed by atoms with Gasteiger partial charge in [-0.25, -0.2) is 26.9 Å². The number of hydrogen-bond acceptors (Lipinski definition) is 2. The standard InChI is InChI=1S/C12H5F6NO/c13-6-2-1-4(5(3-20)19-6)7-8(14)10(16)12(18)11(17)9(7)15/h1-2,20H,3H2. The maximum Gasteiger partial charge on any atom is 0.213 e. The van der Waals surface area contributed by atoms with Crippen molar-refractivity contribution in [2.75, 3.05) is 0 Å². The van der Waals surface area contributed by atoms with E-state index in [-0.39, 0.29) is 0 Å². The molecule has 1 heterocycles. The van der Waals surface area contributed by atoms with Gasteiger partial charge in [-0.3, -0.25) is 0 Å². The van der Waals surface area contributed by atoms with Crippen molar-refractivity contribution in [3.05, 3.63) is 52.9 Å². The monoisotopic (exact) mass is 293 g/mol. The Hall–Kier alpha value is -2.09. The molecule has 2 rings (SSSR count). The van der Waals surface area contributed by atoms with Gasteiger partial charge in [0.1, 0.15) is 0 Å². The van der Waals surface area contributed by atoms with Crippen molar-refractivity contribution in [3.63, 3.8) is 0 Å². The van der Waals surface area contributed by atoms with Crippen LogP contribution in [0.25, 0.3) is 11.1 Å². The summed E-state index contributed by atoms with van der Waals surface area (Å²) < 4.78 is 79.1. The van der Waals surface area contributed by atoms with Gasteiger partial charge in [-0.2, -0.15) is 4.39 Å². The minimum Gasteiger partial charge on any atom is -0.390 e. The van der Waals surface area contributed by atoms with E-state index in [0.29, 0.717) is 6.07 Å². The summed E-state index contributed by atoms with van der Waals surface area (Å²) in [5.74, 6) is -11.8. The van der Waals surface area contributed by atoms with Gasteiger partial charge >= 0.3 is 0 Å². The average Bonchev–Trinajstić information content (AvgIpc) is 2.44. The van der Waals surface area contributed by atoms with Crippen LogP contribution in [0, 0.1) is 35.0 Å². The van der Waals surface area contributed by atoms with Gasteiger partial charge in [-0.1, -0.05) is 0 Å². The molecule has 0 amide bonds. The molecule has 0 atom stereocenters. The predicted octanol–water partition coefficient (Wildman–Crippen LogP) is 3.08. The van der Waals surface area contributed by atoms with E-state index in [2.05, 4.69) is 4.98 Å². The topological polar surface area (TPSA) is 33.1 Å². The van der Waals surface area contributed by atoms with E-state index in [1.807, 2.05) is 0 Å². The maximum absolute atomic E-state index is 13.6. The zero-order chi connectivity index (χ0) is 15.0. The second-order valence-electron chi connectivity index (χ2n) is 3.73. The second-order valence-corrected chi connectivity index (χ2v) is 3.73. The number of aromatic nitrogens is 1. The molecule has 0 unspecified atom stereocenters. The number of hydrogen-bond donors (Lipinski definition) is 1. The van der Waals surface area contributed by atoms with Gasteiger partial charge in [-0.15, -0.1) is 0 Å². The third-order valence-corrected chi connectivity index (χ3v) is 2.57. The molecule has 2 nitrogen and oxygen atoms in total. The number of aliphatic hydroxyl groups is 1. The van der Waals surface area contributed by atoms with E-state index in [1.54, 1.807) is 0 Å². The summed E-state index contributed by atoms with van der Waals surface area (Å²) in [5, 5.41) is 8.94. The first kappa shape index (κ1) is 14.3. The molecule has 8 heteroatoms. The SMILES string of the molecule is OCc1nc(F)ccc1-c1c(F)c(F)c(F)c(F)c1F. The van der Waals surface area contributed by atoms with Crippen molar-refractivity contribution in [3.8, 4) is 11.1 Å². The van der Waals surface area contributed by atoms with Gasteiger partial charge in [-0.05, 0) is 12.1 Å². The summed E-state index contributed by atoms with van der Waals surface area (Å²) in [6, 6.07) is 1.44. The predicted molar refractivity (Wildman–Crippen MR) is 55.3 cm³/mol. The Bertz CT molecular complexity index is 659. The zero-order valence-corrected chi connectivity index (χ0v) is 9.52. The molecule has 2 aromatic rings. The van der Waals surface area contributed by atoms with Gasteiger partial charge in [0.15, 0.2) is 23.3 Å². The molecular weight excluding hydrogens is 288 g/mol. The van der Waals surface area contributed by atoms with E-state index in [9.17, 15) is 26.3 Å². The van der Waals surface area contributed by atoms with Crippen LogP contribution in [0.5, 0.6) is 0 Å². The summed E-state index contributed by atoms with van der Waals surface area (Å²) in [6.45, 7) is -0.938. The highest BCUT2D eigenvalue weighted by molar-refractivity contribution is 5.67. The van der Waals surface area contributed by atoms with E-state index >= 15 is 0 Å². The lowest BCUT2D eigenvalue weighted by atomic mass is 10.0. The van der Waals surface area contributed by atoms with Crippen molar-refractivity contribution in [1.82, 2.24) is 4.98 Å². The van der Waals surface area contributed by atoms with E-state index in [1.165, 1.54) is 0 Å². The molecule has 1 aromatic heterocycles. The van der Waals surface area contributed by atoms with Crippen LogP contribution in [-0.4, -0.2) is 10.1 Å². The van der Waals surface area contributed by atoms with Crippen molar-refractivity contribution in [1.29, 1.82) is 0 Å². The van der Waals surface area contributed by atoms with Crippen molar-refractivity contribution in [2.24, 2.45) is 0 Å². The smallest absolute Gasteiger partial charge is 0.213 e. The minimum atomic E-state index is -2.30. The zero-order valence-electron chi connectivity index (χ0n) is 9.52. The minimum absolute atomic E-state index is 0.548. The van der Waals surface area contributed by atoms with Gasteiger partial charge in [0.05, 0.1) is 17.9 Å². The number of nitrogens with zero attached hydrogens (tertiary/aromatic N) is 1. The van der Waals surface area contributed by atoms with Crippen LogP contribution in [0.2, 0.25) is 0 Å².